The number of carbonyl (C=O) groups excluding carboxylic acids is 1. The molecule has 4 nitrogen and oxygen atoms in total. The molecule has 0 aliphatic carbocycles. The fraction of sp³-hybridized carbons (Fsp3) is 0.750. The quantitative estimate of drug-likeness (QED) is 0.797. The maximum atomic E-state index is 11.6. The number of amides is 2. The van der Waals surface area contributed by atoms with E-state index in [1.54, 1.807) is 4.90 Å². The molecule has 0 atom stereocenters. The van der Waals surface area contributed by atoms with Crippen LogP contribution in [-0.2, 0) is 4.74 Å². The molecule has 0 radical (unpaired) electrons. The summed E-state index contributed by atoms with van der Waals surface area (Å²) in [6, 6.07) is -0.0209. The van der Waals surface area contributed by atoms with Crippen LogP contribution < -0.4 is 5.32 Å². The van der Waals surface area contributed by atoms with Crippen molar-refractivity contribution in [1.82, 2.24) is 10.2 Å². The summed E-state index contributed by atoms with van der Waals surface area (Å²) in [4.78, 5) is 13.4. The lowest BCUT2D eigenvalue weighted by Gasteiger charge is -2.18. The minimum atomic E-state index is -0.0209. The summed E-state index contributed by atoms with van der Waals surface area (Å²) >= 11 is 0. The van der Waals surface area contributed by atoms with Gasteiger partial charge in [0, 0.05) is 19.8 Å². The van der Waals surface area contributed by atoms with Gasteiger partial charge in [-0.15, -0.1) is 0 Å². The Kier molecular flexibility index (Phi) is 5.93. The minimum absolute atomic E-state index is 0.0209. The number of urea groups is 1. The standard InChI is InChI=1S/C12H22N2O2/c1-3-4-7-14(2)12(15)13-10-11-5-8-16-9-6-11/h10H,3-9H2,1-2H3,(H,13,15). The van der Waals surface area contributed by atoms with Crippen molar-refractivity contribution in [3.63, 3.8) is 0 Å². The van der Waals surface area contributed by atoms with Crippen LogP contribution in [-0.4, -0.2) is 37.7 Å². The van der Waals surface area contributed by atoms with Gasteiger partial charge in [0.05, 0.1) is 13.2 Å². The number of rotatable bonds is 4. The van der Waals surface area contributed by atoms with Gasteiger partial charge in [-0.1, -0.05) is 13.3 Å². The summed E-state index contributed by atoms with van der Waals surface area (Å²) < 4.78 is 5.24. The molecular formula is C12H22N2O2. The predicted molar refractivity (Wildman–Crippen MR) is 64.2 cm³/mol. The Morgan fingerprint density at radius 2 is 2.19 bits per heavy atom. The maximum absolute atomic E-state index is 11.6. The number of unbranched alkanes of at least 4 members (excludes halogenated alkanes) is 1. The third-order valence-electron chi connectivity index (χ3n) is 2.73. The van der Waals surface area contributed by atoms with E-state index in [2.05, 4.69) is 12.2 Å². The Bertz CT molecular complexity index is 243. The van der Waals surface area contributed by atoms with Gasteiger partial charge in [-0.3, -0.25) is 0 Å². The average molecular weight is 226 g/mol. The third-order valence-corrected chi connectivity index (χ3v) is 2.73. The van der Waals surface area contributed by atoms with Gasteiger partial charge in [0.25, 0.3) is 0 Å². The summed E-state index contributed by atoms with van der Waals surface area (Å²) in [6.07, 6.45) is 5.86. The SMILES string of the molecule is CCCCN(C)C(=O)NC=C1CCOCC1. The molecule has 1 saturated heterocycles. The second-order valence-electron chi connectivity index (χ2n) is 4.14. The van der Waals surface area contributed by atoms with Gasteiger partial charge < -0.3 is 15.0 Å². The van der Waals surface area contributed by atoms with Crippen molar-refractivity contribution < 1.29 is 9.53 Å². The fourth-order valence-electron chi connectivity index (χ4n) is 1.55. The Morgan fingerprint density at radius 3 is 2.81 bits per heavy atom. The molecule has 2 amide bonds. The average Bonchev–Trinajstić information content (AvgIpc) is 2.34. The molecule has 92 valence electrons. The van der Waals surface area contributed by atoms with Gasteiger partial charge in [0.15, 0.2) is 0 Å². The van der Waals surface area contributed by atoms with Crippen molar-refractivity contribution >= 4 is 6.03 Å². The van der Waals surface area contributed by atoms with Crippen molar-refractivity contribution in [3.05, 3.63) is 11.8 Å². The van der Waals surface area contributed by atoms with E-state index in [-0.39, 0.29) is 6.03 Å². The molecule has 0 saturated carbocycles. The molecule has 0 unspecified atom stereocenters. The fourth-order valence-corrected chi connectivity index (χ4v) is 1.55. The highest BCUT2D eigenvalue weighted by Crippen LogP contribution is 2.11. The number of hydrogen-bond donors (Lipinski definition) is 1. The zero-order valence-electron chi connectivity index (χ0n) is 10.3. The van der Waals surface area contributed by atoms with E-state index in [4.69, 9.17) is 4.74 Å². The molecule has 1 heterocycles. The van der Waals surface area contributed by atoms with E-state index in [0.717, 1.165) is 45.4 Å². The summed E-state index contributed by atoms with van der Waals surface area (Å²) in [5.74, 6) is 0. The van der Waals surface area contributed by atoms with Crippen LogP contribution in [0.2, 0.25) is 0 Å². The molecule has 1 N–H and O–H groups in total. The van der Waals surface area contributed by atoms with Crippen molar-refractivity contribution in [3.8, 4) is 0 Å². The summed E-state index contributed by atoms with van der Waals surface area (Å²) in [6.45, 7) is 4.48. The molecule has 4 heteroatoms. The third kappa shape index (κ3) is 4.66. The molecule has 16 heavy (non-hydrogen) atoms. The van der Waals surface area contributed by atoms with Crippen LogP contribution in [0.3, 0.4) is 0 Å². The van der Waals surface area contributed by atoms with Crippen LogP contribution in [0.5, 0.6) is 0 Å². The summed E-state index contributed by atoms with van der Waals surface area (Å²) in [5, 5.41) is 2.83. The van der Waals surface area contributed by atoms with Crippen LogP contribution in [0.15, 0.2) is 11.8 Å². The van der Waals surface area contributed by atoms with Crippen LogP contribution in [0.4, 0.5) is 4.79 Å². The Hall–Kier alpha value is -1.03. The molecule has 0 aromatic carbocycles. The Morgan fingerprint density at radius 1 is 1.50 bits per heavy atom. The first kappa shape index (κ1) is 13.0. The first-order chi connectivity index (χ1) is 7.74. The van der Waals surface area contributed by atoms with Crippen LogP contribution in [0.25, 0.3) is 0 Å². The second-order valence-corrected chi connectivity index (χ2v) is 4.14. The number of hydrogen-bond acceptors (Lipinski definition) is 2. The molecule has 1 rings (SSSR count). The topological polar surface area (TPSA) is 41.6 Å². The lowest BCUT2D eigenvalue weighted by molar-refractivity contribution is 0.119. The Labute approximate surface area is 97.6 Å². The minimum Gasteiger partial charge on any atom is -0.381 e. The molecule has 1 aliphatic heterocycles. The van der Waals surface area contributed by atoms with E-state index < -0.39 is 0 Å². The molecule has 1 aliphatic rings. The molecule has 0 bridgehead atoms. The second kappa shape index (κ2) is 7.28. The van der Waals surface area contributed by atoms with E-state index in [1.807, 2.05) is 13.2 Å². The van der Waals surface area contributed by atoms with Gasteiger partial charge in [-0.05, 0) is 24.8 Å². The number of nitrogens with zero attached hydrogens (tertiary/aromatic N) is 1. The van der Waals surface area contributed by atoms with Gasteiger partial charge in [0.1, 0.15) is 0 Å². The normalized spacial score (nSPS) is 15.8. The predicted octanol–water partition coefficient (Wildman–Crippen LogP) is 2.12. The van der Waals surface area contributed by atoms with Crippen LogP contribution in [0, 0.1) is 0 Å². The summed E-state index contributed by atoms with van der Waals surface area (Å²) in [7, 11) is 1.83. The number of ether oxygens (including phenoxy) is 1. The summed E-state index contributed by atoms with van der Waals surface area (Å²) in [5.41, 5.74) is 1.27. The van der Waals surface area contributed by atoms with Gasteiger partial charge in [0.2, 0.25) is 0 Å². The lowest BCUT2D eigenvalue weighted by Crippen LogP contribution is -2.35. The zero-order chi connectivity index (χ0) is 11.8. The van der Waals surface area contributed by atoms with E-state index in [9.17, 15) is 4.79 Å². The van der Waals surface area contributed by atoms with Gasteiger partial charge in [-0.25, -0.2) is 4.79 Å². The van der Waals surface area contributed by atoms with E-state index in [0.29, 0.717) is 0 Å². The highest BCUT2D eigenvalue weighted by Gasteiger charge is 2.08. The van der Waals surface area contributed by atoms with Crippen molar-refractivity contribution in [1.29, 1.82) is 0 Å². The number of nitrogens with one attached hydrogen (secondary N) is 1. The van der Waals surface area contributed by atoms with Gasteiger partial charge in [-0.2, -0.15) is 0 Å². The first-order valence-corrected chi connectivity index (χ1v) is 6.01. The van der Waals surface area contributed by atoms with Crippen LogP contribution in [0.1, 0.15) is 32.6 Å². The van der Waals surface area contributed by atoms with Crippen molar-refractivity contribution in [2.24, 2.45) is 0 Å². The monoisotopic (exact) mass is 226 g/mol. The van der Waals surface area contributed by atoms with E-state index >= 15 is 0 Å². The molecule has 0 aromatic heterocycles. The Balaban J connectivity index is 2.27. The molecule has 0 spiro atoms. The zero-order valence-corrected chi connectivity index (χ0v) is 10.3. The van der Waals surface area contributed by atoms with E-state index in [1.165, 1.54) is 5.57 Å². The molecule has 1 fully saturated rings. The number of carbonyl (C=O) groups is 1. The lowest BCUT2D eigenvalue weighted by atomic mass is 10.1. The van der Waals surface area contributed by atoms with Crippen molar-refractivity contribution in [2.75, 3.05) is 26.8 Å². The van der Waals surface area contributed by atoms with Crippen molar-refractivity contribution in [2.45, 2.75) is 32.6 Å². The smallest absolute Gasteiger partial charge is 0.321 e. The highest BCUT2D eigenvalue weighted by atomic mass is 16.5. The largest absolute Gasteiger partial charge is 0.381 e. The molecule has 0 aromatic rings. The van der Waals surface area contributed by atoms with Gasteiger partial charge >= 0.3 is 6.03 Å². The maximum Gasteiger partial charge on any atom is 0.321 e. The highest BCUT2D eigenvalue weighted by molar-refractivity contribution is 5.74. The first-order valence-electron chi connectivity index (χ1n) is 6.01. The molecular weight excluding hydrogens is 204 g/mol. The van der Waals surface area contributed by atoms with Crippen LogP contribution >= 0.6 is 0 Å².